The predicted molar refractivity (Wildman–Crippen MR) is 136 cm³/mol. The first-order valence-electron chi connectivity index (χ1n) is 11.3. The van der Waals surface area contributed by atoms with Crippen LogP contribution in [0.4, 0.5) is 5.69 Å². The van der Waals surface area contributed by atoms with Crippen LogP contribution in [0.25, 0.3) is 49.2 Å². The molecular formula is C30H27N2O+. The lowest BCUT2D eigenvalue weighted by molar-refractivity contribution is -0.660. The quantitative estimate of drug-likeness (QED) is 0.209. The number of fused-ring (bicyclic) bond motifs is 3. The van der Waals surface area contributed by atoms with Crippen LogP contribution in [0.15, 0.2) is 71.3 Å². The second-order valence-electron chi connectivity index (χ2n) is 9.16. The van der Waals surface area contributed by atoms with Gasteiger partial charge in [0.25, 0.3) is 0 Å². The average Bonchev–Trinajstić information content (AvgIpc) is 3.17. The third kappa shape index (κ3) is 3.39. The number of hydrogen-bond acceptors (Lipinski definition) is 1. The fourth-order valence-corrected chi connectivity index (χ4v) is 4.72. The van der Waals surface area contributed by atoms with Crippen LogP contribution in [-0.4, -0.2) is 0 Å². The minimum atomic E-state index is 0.460. The van der Waals surface area contributed by atoms with E-state index in [1.165, 1.54) is 11.1 Å². The van der Waals surface area contributed by atoms with Crippen LogP contribution in [0.2, 0.25) is 0 Å². The predicted octanol–water partition coefficient (Wildman–Crippen LogP) is 8.04. The van der Waals surface area contributed by atoms with Crippen LogP contribution in [0, 0.1) is 20.4 Å². The molecular weight excluding hydrogens is 404 g/mol. The van der Waals surface area contributed by atoms with Crippen molar-refractivity contribution in [2.45, 2.75) is 33.6 Å². The molecule has 2 aromatic heterocycles. The molecule has 0 aliphatic rings. The maximum atomic E-state index is 7.79. The zero-order chi connectivity index (χ0) is 23.3. The average molecular weight is 432 g/mol. The first-order chi connectivity index (χ1) is 15.9. The minimum absolute atomic E-state index is 0.460. The third-order valence-electron chi connectivity index (χ3n) is 6.52. The minimum Gasteiger partial charge on any atom is -0.456 e. The van der Waals surface area contributed by atoms with E-state index in [0.29, 0.717) is 11.6 Å². The highest BCUT2D eigenvalue weighted by Gasteiger charge is 2.23. The summed E-state index contributed by atoms with van der Waals surface area (Å²) in [5.41, 5.74) is 9.98. The molecule has 2 heterocycles. The van der Waals surface area contributed by atoms with Crippen LogP contribution < -0.4 is 4.57 Å². The molecule has 0 unspecified atom stereocenters. The van der Waals surface area contributed by atoms with Gasteiger partial charge in [-0.05, 0) is 42.5 Å². The molecule has 0 amide bonds. The number of aryl methyl sites for hydroxylation is 3. The summed E-state index contributed by atoms with van der Waals surface area (Å²) in [4.78, 5) is 3.83. The van der Waals surface area contributed by atoms with Gasteiger partial charge in [0, 0.05) is 28.0 Å². The number of benzene rings is 3. The molecule has 162 valence electrons. The normalized spacial score (nSPS) is 11.4. The number of nitrogens with zero attached hydrogens (tertiary/aromatic N) is 2. The van der Waals surface area contributed by atoms with Crippen LogP contribution >= 0.6 is 0 Å². The van der Waals surface area contributed by atoms with Gasteiger partial charge >= 0.3 is 0 Å². The number of hydrogen-bond donors (Lipinski definition) is 0. The Kier molecular flexibility index (Phi) is 5.02. The molecule has 5 aromatic rings. The lowest BCUT2D eigenvalue weighted by atomic mass is 9.96. The molecule has 0 spiro atoms. The highest BCUT2D eigenvalue weighted by Crippen LogP contribution is 2.44. The highest BCUT2D eigenvalue weighted by molar-refractivity contribution is 6.15. The van der Waals surface area contributed by atoms with Gasteiger partial charge in [0.2, 0.25) is 5.69 Å². The second-order valence-corrected chi connectivity index (χ2v) is 9.16. The zero-order valence-electron chi connectivity index (χ0n) is 19.7. The number of aromatic nitrogens is 1. The van der Waals surface area contributed by atoms with E-state index in [4.69, 9.17) is 11.0 Å². The molecule has 0 bridgehead atoms. The van der Waals surface area contributed by atoms with Crippen LogP contribution in [0.1, 0.15) is 36.5 Å². The van der Waals surface area contributed by atoms with Gasteiger partial charge in [-0.3, -0.25) is 0 Å². The third-order valence-corrected chi connectivity index (χ3v) is 6.52. The van der Waals surface area contributed by atoms with E-state index in [1.807, 2.05) is 12.1 Å². The summed E-state index contributed by atoms with van der Waals surface area (Å²) < 4.78 is 8.81. The molecule has 3 heteroatoms. The van der Waals surface area contributed by atoms with Gasteiger partial charge in [0.15, 0.2) is 11.9 Å². The second kappa shape index (κ2) is 7.90. The molecule has 0 saturated carbocycles. The standard InChI is InChI=1S/C30H27N2O/c1-18(2)21-9-11-22(12-10-21)28-25(31-5)15-14-24-23-13-8-20(4)27(29(23)33-30(24)28)26-16-7-19(3)17-32(26)6/h7-18H,1-4,6H3/q+1. The molecule has 5 rings (SSSR count). The molecule has 0 N–H and O–H groups in total. The van der Waals surface area contributed by atoms with Crippen LogP contribution in [-0.2, 0) is 7.05 Å². The summed E-state index contributed by atoms with van der Waals surface area (Å²) >= 11 is 0. The zero-order valence-corrected chi connectivity index (χ0v) is 19.7. The largest absolute Gasteiger partial charge is 0.456 e. The van der Waals surface area contributed by atoms with Crippen molar-refractivity contribution >= 4 is 27.6 Å². The molecule has 0 aliphatic carbocycles. The van der Waals surface area contributed by atoms with Gasteiger partial charge in [-0.1, -0.05) is 62.4 Å². The maximum absolute atomic E-state index is 7.79. The lowest BCUT2D eigenvalue weighted by Crippen LogP contribution is -2.31. The first-order valence-corrected chi connectivity index (χ1v) is 11.3. The van der Waals surface area contributed by atoms with Crippen molar-refractivity contribution in [1.82, 2.24) is 0 Å². The highest BCUT2D eigenvalue weighted by atomic mass is 16.3. The Morgan fingerprint density at radius 2 is 1.48 bits per heavy atom. The maximum Gasteiger partial charge on any atom is 0.216 e. The summed E-state index contributed by atoms with van der Waals surface area (Å²) in [5, 5.41) is 2.11. The van der Waals surface area contributed by atoms with E-state index in [9.17, 15) is 0 Å². The summed E-state index contributed by atoms with van der Waals surface area (Å²) in [6, 6.07) is 21.0. The van der Waals surface area contributed by atoms with Crippen molar-refractivity contribution in [3.8, 4) is 22.4 Å². The van der Waals surface area contributed by atoms with Crippen molar-refractivity contribution in [2.75, 3.05) is 0 Å². The molecule has 0 radical (unpaired) electrons. The molecule has 0 aliphatic heterocycles. The van der Waals surface area contributed by atoms with E-state index in [-0.39, 0.29) is 0 Å². The summed E-state index contributed by atoms with van der Waals surface area (Å²) in [7, 11) is 2.07. The topological polar surface area (TPSA) is 21.4 Å². The van der Waals surface area contributed by atoms with E-state index >= 15 is 0 Å². The number of rotatable bonds is 3. The smallest absolute Gasteiger partial charge is 0.216 e. The van der Waals surface area contributed by atoms with Crippen molar-refractivity contribution in [1.29, 1.82) is 0 Å². The molecule has 0 fully saturated rings. The number of furan rings is 1. The Bertz CT molecular complexity index is 1560. The van der Waals surface area contributed by atoms with Crippen LogP contribution in [0.5, 0.6) is 0 Å². The summed E-state index contributed by atoms with van der Waals surface area (Å²) in [5.74, 6) is 0.460. The Morgan fingerprint density at radius 1 is 0.818 bits per heavy atom. The van der Waals surface area contributed by atoms with Crippen molar-refractivity contribution in [3.63, 3.8) is 0 Å². The first kappa shape index (κ1) is 21.0. The van der Waals surface area contributed by atoms with E-state index in [2.05, 4.69) is 98.9 Å². The molecule has 33 heavy (non-hydrogen) atoms. The van der Waals surface area contributed by atoms with E-state index in [0.717, 1.165) is 49.9 Å². The number of pyridine rings is 1. The molecule has 3 nitrogen and oxygen atoms in total. The van der Waals surface area contributed by atoms with Crippen molar-refractivity contribution in [3.05, 3.63) is 95.0 Å². The van der Waals surface area contributed by atoms with Crippen LogP contribution in [0.3, 0.4) is 0 Å². The summed E-state index contributed by atoms with van der Waals surface area (Å²) in [6.45, 7) is 16.4. The molecule has 3 aromatic carbocycles. The van der Waals surface area contributed by atoms with Gasteiger partial charge in [-0.15, -0.1) is 0 Å². The van der Waals surface area contributed by atoms with Crippen molar-refractivity contribution in [2.24, 2.45) is 7.05 Å². The van der Waals surface area contributed by atoms with E-state index in [1.54, 1.807) is 0 Å². The van der Waals surface area contributed by atoms with Gasteiger partial charge in [0.05, 0.1) is 12.1 Å². The Morgan fingerprint density at radius 3 is 2.12 bits per heavy atom. The van der Waals surface area contributed by atoms with Crippen molar-refractivity contribution < 1.29 is 8.98 Å². The SMILES string of the molecule is [C-]#[N+]c1ccc2c(oc3c(-c4ccc(C)c[n+]4C)c(C)ccc32)c1-c1ccc(C(C)C)cc1. The molecule has 0 atom stereocenters. The van der Waals surface area contributed by atoms with Gasteiger partial charge in [-0.2, -0.15) is 0 Å². The Balaban J connectivity index is 1.84. The summed E-state index contributed by atoms with van der Waals surface area (Å²) in [6.07, 6.45) is 2.13. The Hall–Kier alpha value is -3.90. The van der Waals surface area contributed by atoms with Gasteiger partial charge < -0.3 is 4.42 Å². The Labute approximate surface area is 194 Å². The fourth-order valence-electron chi connectivity index (χ4n) is 4.72. The lowest BCUT2D eigenvalue weighted by Gasteiger charge is -2.09. The fraction of sp³-hybridized carbons (Fsp3) is 0.200. The van der Waals surface area contributed by atoms with Gasteiger partial charge in [0.1, 0.15) is 18.2 Å². The van der Waals surface area contributed by atoms with Gasteiger partial charge in [-0.25, -0.2) is 9.41 Å². The monoisotopic (exact) mass is 431 g/mol. The van der Waals surface area contributed by atoms with E-state index < -0.39 is 0 Å². The molecule has 0 saturated heterocycles.